The molecule has 0 amide bonds. The van der Waals surface area contributed by atoms with Gasteiger partial charge in [0.05, 0.1) is 6.61 Å². The van der Waals surface area contributed by atoms with Crippen LogP contribution in [0.15, 0.2) is 21.9 Å². The van der Waals surface area contributed by atoms with Crippen LogP contribution in [0.2, 0.25) is 0 Å². The smallest absolute Gasteiger partial charge is 0.330 e. The first-order valence-corrected chi connectivity index (χ1v) is 5.10. The Morgan fingerprint density at radius 2 is 2.28 bits per heavy atom. The third-order valence-corrected chi connectivity index (χ3v) is 2.79. The Balaban J connectivity index is 2.41. The van der Waals surface area contributed by atoms with Crippen molar-refractivity contribution in [3.8, 4) is 0 Å². The fourth-order valence-corrected chi connectivity index (χ4v) is 1.75. The normalized spacial score (nSPS) is 35.9. The maximum atomic E-state index is 13.8. The van der Waals surface area contributed by atoms with Gasteiger partial charge in [-0.15, -0.1) is 0 Å². The van der Waals surface area contributed by atoms with Crippen LogP contribution < -0.4 is 17.0 Å². The summed E-state index contributed by atoms with van der Waals surface area (Å²) in [7, 11) is 0. The fourth-order valence-electron chi connectivity index (χ4n) is 1.75. The average Bonchev–Trinajstić information content (AvgIpc) is 2.55. The van der Waals surface area contributed by atoms with E-state index in [-0.39, 0.29) is 0 Å². The molecule has 2 heterocycles. The van der Waals surface area contributed by atoms with Gasteiger partial charge >= 0.3 is 5.69 Å². The van der Waals surface area contributed by atoms with Crippen LogP contribution in [-0.2, 0) is 4.74 Å². The predicted molar refractivity (Wildman–Crippen MR) is 56.4 cm³/mol. The molecule has 0 aromatic carbocycles. The van der Waals surface area contributed by atoms with Gasteiger partial charge in [-0.3, -0.25) is 20.1 Å². The lowest BCUT2D eigenvalue weighted by molar-refractivity contribution is -0.125. The van der Waals surface area contributed by atoms with Crippen molar-refractivity contribution >= 4 is 0 Å². The van der Waals surface area contributed by atoms with Gasteiger partial charge in [0, 0.05) is 12.3 Å². The van der Waals surface area contributed by atoms with Gasteiger partial charge in [-0.1, -0.05) is 0 Å². The zero-order valence-corrected chi connectivity index (χ0v) is 9.12. The van der Waals surface area contributed by atoms with Gasteiger partial charge in [-0.2, -0.15) is 0 Å². The highest BCUT2D eigenvalue weighted by atomic mass is 19.1. The fraction of sp³-hybridized carbons (Fsp3) is 0.556. The molecule has 100 valence electrons. The number of hydrogen-bond acceptors (Lipinski definition) is 6. The maximum absolute atomic E-state index is 13.8. The van der Waals surface area contributed by atoms with Crippen LogP contribution in [0.5, 0.6) is 0 Å². The number of nitrogens with two attached hydrogens (primary N) is 1. The number of halogens is 1. The molecule has 8 nitrogen and oxygen atoms in total. The molecular formula is C9H12FN3O5. The summed E-state index contributed by atoms with van der Waals surface area (Å²) in [4.78, 5) is 24.2. The molecule has 18 heavy (non-hydrogen) atoms. The van der Waals surface area contributed by atoms with Crippen LogP contribution in [-0.4, -0.2) is 44.4 Å². The first-order valence-electron chi connectivity index (χ1n) is 5.10. The summed E-state index contributed by atoms with van der Waals surface area (Å²) in [6.45, 7) is -0.816. The van der Waals surface area contributed by atoms with Crippen LogP contribution >= 0.6 is 0 Å². The molecule has 0 aliphatic carbocycles. The summed E-state index contributed by atoms with van der Waals surface area (Å²) in [5.74, 6) is 0. The van der Waals surface area contributed by atoms with Crippen LogP contribution in [0.3, 0.4) is 0 Å². The number of rotatable bonds is 2. The number of hydrogen-bond donors (Lipinski definition) is 4. The third-order valence-electron chi connectivity index (χ3n) is 2.79. The summed E-state index contributed by atoms with van der Waals surface area (Å²) in [6.07, 6.45) is -4.28. The number of aliphatic hydroxyl groups excluding tert-OH is 2. The van der Waals surface area contributed by atoms with E-state index in [1.807, 2.05) is 4.98 Å². The van der Waals surface area contributed by atoms with Crippen LogP contribution in [0, 0.1) is 0 Å². The number of nitrogens with zero attached hydrogens (tertiary/aromatic N) is 1. The first kappa shape index (κ1) is 12.9. The molecule has 1 saturated heterocycles. The third kappa shape index (κ3) is 1.86. The summed E-state index contributed by atoms with van der Waals surface area (Å²) in [5, 5.41) is 18.5. The molecular weight excluding hydrogens is 249 g/mol. The Kier molecular flexibility index (Phi) is 3.07. The van der Waals surface area contributed by atoms with Crippen molar-refractivity contribution in [2.24, 2.45) is 5.73 Å². The molecule has 4 atom stereocenters. The summed E-state index contributed by atoms with van der Waals surface area (Å²) in [6, 6.07) is 0.999. The SMILES string of the molecule is N[C@]1(CO)O[C@@H](n2ccc(=O)[nH]c2=O)[C@@H](F)[C@@H]1O. The van der Waals surface area contributed by atoms with Crippen molar-refractivity contribution in [2.45, 2.75) is 24.2 Å². The van der Waals surface area contributed by atoms with Gasteiger partial charge < -0.3 is 14.9 Å². The highest BCUT2D eigenvalue weighted by Crippen LogP contribution is 2.34. The van der Waals surface area contributed by atoms with Gasteiger partial charge in [-0.05, 0) is 0 Å². The van der Waals surface area contributed by atoms with E-state index in [1.165, 1.54) is 0 Å². The molecule has 0 spiro atoms. The van der Waals surface area contributed by atoms with E-state index in [2.05, 4.69) is 0 Å². The largest absolute Gasteiger partial charge is 0.392 e. The van der Waals surface area contributed by atoms with Gasteiger partial charge in [-0.25, -0.2) is 9.18 Å². The second-order valence-electron chi connectivity index (χ2n) is 4.03. The van der Waals surface area contributed by atoms with Crippen molar-refractivity contribution in [3.05, 3.63) is 33.1 Å². The zero-order chi connectivity index (χ0) is 13.5. The monoisotopic (exact) mass is 261 g/mol. The minimum absolute atomic E-state index is 0.647. The van der Waals surface area contributed by atoms with E-state index in [9.17, 15) is 19.1 Å². The second kappa shape index (κ2) is 4.28. The molecule has 0 bridgehead atoms. The van der Waals surface area contributed by atoms with Crippen molar-refractivity contribution in [1.82, 2.24) is 9.55 Å². The molecule has 1 fully saturated rings. The molecule has 0 unspecified atom stereocenters. The average molecular weight is 261 g/mol. The van der Waals surface area contributed by atoms with Gasteiger partial charge in [0.25, 0.3) is 5.56 Å². The Labute approximate surface area is 99.4 Å². The zero-order valence-electron chi connectivity index (χ0n) is 9.12. The van der Waals surface area contributed by atoms with E-state index in [0.29, 0.717) is 0 Å². The van der Waals surface area contributed by atoms with Crippen molar-refractivity contribution in [3.63, 3.8) is 0 Å². The Morgan fingerprint density at radius 1 is 1.61 bits per heavy atom. The summed E-state index contributed by atoms with van der Waals surface area (Å²) in [5.41, 5.74) is 1.92. The van der Waals surface area contributed by atoms with E-state index >= 15 is 0 Å². The van der Waals surface area contributed by atoms with Gasteiger partial charge in [0.2, 0.25) is 0 Å². The van der Waals surface area contributed by atoms with E-state index < -0.39 is 42.1 Å². The lowest BCUT2D eigenvalue weighted by Gasteiger charge is -2.24. The summed E-state index contributed by atoms with van der Waals surface area (Å²) < 4.78 is 19.5. The Bertz CT molecular complexity index is 558. The molecule has 1 aliphatic rings. The quantitative estimate of drug-likeness (QED) is 0.462. The van der Waals surface area contributed by atoms with Crippen LogP contribution in [0.1, 0.15) is 6.23 Å². The Hall–Kier alpha value is -1.55. The lowest BCUT2D eigenvalue weighted by atomic mass is 10.1. The molecule has 5 N–H and O–H groups in total. The minimum Gasteiger partial charge on any atom is -0.392 e. The number of nitrogens with one attached hydrogen (secondary N) is 1. The number of aromatic amines is 1. The minimum atomic E-state index is -2.01. The van der Waals surface area contributed by atoms with Crippen molar-refractivity contribution in [2.75, 3.05) is 6.61 Å². The topological polar surface area (TPSA) is 131 Å². The Morgan fingerprint density at radius 3 is 2.78 bits per heavy atom. The highest BCUT2D eigenvalue weighted by molar-refractivity contribution is 4.98. The predicted octanol–water partition coefficient (Wildman–Crippen LogP) is -2.59. The first-order chi connectivity index (χ1) is 8.39. The molecule has 0 radical (unpaired) electrons. The maximum Gasteiger partial charge on any atom is 0.330 e. The number of alkyl halides is 1. The number of H-pyrrole nitrogens is 1. The molecule has 0 saturated carbocycles. The number of aromatic nitrogens is 2. The van der Waals surface area contributed by atoms with Gasteiger partial charge in [0.1, 0.15) is 6.10 Å². The molecule has 2 rings (SSSR count). The second-order valence-corrected chi connectivity index (χ2v) is 4.03. The van der Waals surface area contributed by atoms with Crippen LogP contribution in [0.25, 0.3) is 0 Å². The van der Waals surface area contributed by atoms with Gasteiger partial charge in [0.15, 0.2) is 18.1 Å². The van der Waals surface area contributed by atoms with Crippen LogP contribution in [0.4, 0.5) is 4.39 Å². The van der Waals surface area contributed by atoms with Crippen molar-refractivity contribution in [1.29, 1.82) is 0 Å². The van der Waals surface area contributed by atoms with E-state index in [4.69, 9.17) is 15.6 Å². The number of aliphatic hydroxyl groups is 2. The van der Waals surface area contributed by atoms with Crippen molar-refractivity contribution < 1.29 is 19.3 Å². The standard InChI is InChI=1S/C9H12FN3O5/c10-5-6(16)9(11,3-14)18-7(5)13-2-1-4(15)12-8(13)17/h1-2,5-7,14,16H,3,11H2,(H,12,15,17)/t5-,6-,7+,9+/m0/s1. The molecule has 1 aliphatic heterocycles. The van der Waals surface area contributed by atoms with E-state index in [0.717, 1.165) is 16.8 Å². The molecule has 1 aromatic rings. The summed E-state index contributed by atoms with van der Waals surface area (Å²) >= 11 is 0. The molecule has 9 heteroatoms. The number of ether oxygens (including phenoxy) is 1. The molecule has 1 aromatic heterocycles. The highest BCUT2D eigenvalue weighted by Gasteiger charge is 2.53. The van der Waals surface area contributed by atoms with E-state index in [1.54, 1.807) is 0 Å². The lowest BCUT2D eigenvalue weighted by Crippen LogP contribution is -2.53.